The fourth-order valence-electron chi connectivity index (χ4n) is 5.30. The van der Waals surface area contributed by atoms with Crippen molar-refractivity contribution in [3.05, 3.63) is 36.5 Å². The summed E-state index contributed by atoms with van der Waals surface area (Å²) in [5.41, 5.74) is 0.785. The van der Waals surface area contributed by atoms with Crippen molar-refractivity contribution in [2.24, 2.45) is 11.3 Å². The number of pyridine rings is 1. The number of nitriles is 1. The van der Waals surface area contributed by atoms with Crippen molar-refractivity contribution in [1.29, 1.82) is 5.26 Å². The molecule has 8 nitrogen and oxygen atoms in total. The molecule has 2 atom stereocenters. The van der Waals surface area contributed by atoms with Crippen LogP contribution in [0.2, 0.25) is 0 Å². The highest BCUT2D eigenvalue weighted by Crippen LogP contribution is 2.78. The van der Waals surface area contributed by atoms with E-state index in [1.807, 2.05) is 36.9 Å². The van der Waals surface area contributed by atoms with Gasteiger partial charge >= 0.3 is 0 Å². The first-order valence-electron chi connectivity index (χ1n) is 10.9. The number of hydrogen-bond donors (Lipinski definition) is 1. The fourth-order valence-corrected chi connectivity index (χ4v) is 5.30. The minimum absolute atomic E-state index is 0.169. The average molecular weight is 416 g/mol. The van der Waals surface area contributed by atoms with E-state index < -0.39 is 11.0 Å². The molecule has 1 saturated heterocycles. The van der Waals surface area contributed by atoms with Crippen LogP contribution in [0, 0.1) is 22.7 Å². The van der Waals surface area contributed by atoms with Crippen molar-refractivity contribution in [3.63, 3.8) is 0 Å². The van der Waals surface area contributed by atoms with Gasteiger partial charge in [-0.05, 0) is 51.0 Å². The molecule has 3 aliphatic rings. The summed E-state index contributed by atoms with van der Waals surface area (Å²) in [6.07, 6.45) is 9.25. The molecule has 1 N–H and O–H groups in total. The lowest BCUT2D eigenvalue weighted by atomic mass is 9.90. The first kappa shape index (κ1) is 18.7. The lowest BCUT2D eigenvalue weighted by Gasteiger charge is -2.25. The van der Waals surface area contributed by atoms with Crippen molar-refractivity contribution in [2.45, 2.75) is 50.5 Å². The third-order valence-corrected chi connectivity index (χ3v) is 7.68. The first-order valence-corrected chi connectivity index (χ1v) is 10.9. The van der Waals surface area contributed by atoms with E-state index in [1.54, 1.807) is 12.5 Å². The monoisotopic (exact) mass is 415 g/mol. The summed E-state index contributed by atoms with van der Waals surface area (Å²) in [6.45, 7) is 5.36. The zero-order valence-electron chi connectivity index (χ0n) is 17.8. The molecule has 2 saturated carbocycles. The molecule has 158 valence electrons. The highest BCUT2D eigenvalue weighted by molar-refractivity contribution is 5.80. The third-order valence-electron chi connectivity index (χ3n) is 7.68. The molecule has 0 amide bonds. The van der Waals surface area contributed by atoms with Crippen molar-refractivity contribution in [2.75, 3.05) is 18.0 Å². The number of hydrogen-bond acceptors (Lipinski definition) is 7. The summed E-state index contributed by atoms with van der Waals surface area (Å²) < 4.78 is 1.81. The predicted octanol–water partition coefficient (Wildman–Crippen LogP) is 2.75. The Labute approximate surface area is 180 Å². The summed E-state index contributed by atoms with van der Waals surface area (Å²) in [4.78, 5) is 15.8. The molecule has 3 aromatic rings. The van der Waals surface area contributed by atoms with E-state index in [1.165, 1.54) is 0 Å². The molecule has 3 fully saturated rings. The van der Waals surface area contributed by atoms with E-state index in [-0.39, 0.29) is 11.3 Å². The van der Waals surface area contributed by atoms with Gasteiger partial charge < -0.3 is 10.0 Å². The molecule has 0 aromatic carbocycles. The number of aromatic nitrogens is 5. The van der Waals surface area contributed by atoms with Gasteiger partial charge in [0, 0.05) is 36.7 Å². The van der Waals surface area contributed by atoms with E-state index in [0.717, 1.165) is 61.2 Å². The fraction of sp³-hybridized carbons (Fsp3) is 0.522. The maximum absolute atomic E-state index is 10.4. The molecule has 4 heterocycles. The molecular formula is C23H25N7O. The smallest absolute Gasteiger partial charge is 0.159 e. The average Bonchev–Trinajstić information content (AvgIpc) is 3.50. The number of fused-ring (bicyclic) bond motifs is 1. The molecule has 8 heteroatoms. The molecule has 1 spiro atoms. The van der Waals surface area contributed by atoms with Crippen molar-refractivity contribution >= 4 is 16.7 Å². The Hall–Kier alpha value is -3.05. The molecular weight excluding hydrogens is 390 g/mol. The van der Waals surface area contributed by atoms with Gasteiger partial charge in [-0.1, -0.05) is 0 Å². The normalized spacial score (nSPS) is 26.4. The Kier molecular flexibility index (Phi) is 3.63. The number of rotatable bonds is 4. The van der Waals surface area contributed by atoms with E-state index in [0.29, 0.717) is 5.82 Å². The van der Waals surface area contributed by atoms with Gasteiger partial charge in [0.2, 0.25) is 0 Å². The molecule has 0 radical (unpaired) electrons. The van der Waals surface area contributed by atoms with Gasteiger partial charge in [0.25, 0.3) is 0 Å². The van der Waals surface area contributed by atoms with Gasteiger partial charge in [-0.15, -0.1) is 0 Å². The van der Waals surface area contributed by atoms with E-state index in [9.17, 15) is 10.4 Å². The largest absolute Gasteiger partial charge is 0.390 e. The molecule has 1 unspecified atom stereocenters. The second kappa shape index (κ2) is 6.01. The lowest BCUT2D eigenvalue weighted by Crippen LogP contribution is -2.33. The van der Waals surface area contributed by atoms with Gasteiger partial charge in [0.05, 0.1) is 29.1 Å². The van der Waals surface area contributed by atoms with Crippen LogP contribution in [0.5, 0.6) is 0 Å². The zero-order chi connectivity index (χ0) is 21.4. The molecule has 0 bridgehead atoms. The first-order chi connectivity index (χ1) is 14.9. The van der Waals surface area contributed by atoms with Crippen LogP contribution in [-0.2, 0) is 5.41 Å². The molecule has 1 aliphatic heterocycles. The van der Waals surface area contributed by atoms with E-state index in [4.69, 9.17) is 0 Å². The van der Waals surface area contributed by atoms with Crippen LogP contribution in [-0.4, -0.2) is 48.5 Å². The number of aliphatic hydroxyl groups is 1. The van der Waals surface area contributed by atoms with Gasteiger partial charge in [0.1, 0.15) is 17.6 Å². The van der Waals surface area contributed by atoms with Gasteiger partial charge in [-0.2, -0.15) is 10.4 Å². The second-order valence-electron chi connectivity index (χ2n) is 9.98. The van der Waals surface area contributed by atoms with Crippen molar-refractivity contribution in [1.82, 2.24) is 24.7 Å². The molecule has 2 aliphatic carbocycles. The highest BCUT2D eigenvalue weighted by Gasteiger charge is 2.76. The third kappa shape index (κ3) is 2.69. The standard InChI is InChI=1S/C23H25N7O/c1-21(2,31)16-3-6-29(11-16)19-8-20(27-14-26-19)30-17-7-18(25-9-15(17)10-28-30)23(13-24)12-22(23)4-5-22/h7-10,14,16,31H,3-6,11-12H2,1-2H3/t16-,23?/m1/s1. The second-order valence-corrected chi connectivity index (χ2v) is 9.98. The van der Waals surface area contributed by atoms with Crippen LogP contribution in [0.15, 0.2) is 30.9 Å². The zero-order valence-corrected chi connectivity index (χ0v) is 17.8. The van der Waals surface area contributed by atoms with E-state index >= 15 is 0 Å². The molecule has 3 aromatic heterocycles. The van der Waals surface area contributed by atoms with E-state index in [2.05, 4.69) is 31.0 Å². The Morgan fingerprint density at radius 2 is 1.97 bits per heavy atom. The minimum atomic E-state index is -0.704. The lowest BCUT2D eigenvalue weighted by molar-refractivity contribution is 0.0263. The van der Waals surface area contributed by atoms with Crippen LogP contribution in [0.3, 0.4) is 0 Å². The van der Waals surface area contributed by atoms with Crippen molar-refractivity contribution < 1.29 is 5.11 Å². The Bertz CT molecular complexity index is 1230. The Morgan fingerprint density at radius 1 is 1.16 bits per heavy atom. The topological polar surface area (TPSA) is 104 Å². The Morgan fingerprint density at radius 3 is 2.65 bits per heavy atom. The maximum Gasteiger partial charge on any atom is 0.159 e. The molecule has 6 rings (SSSR count). The summed E-state index contributed by atoms with van der Waals surface area (Å²) >= 11 is 0. The van der Waals surface area contributed by atoms with Gasteiger partial charge in [-0.3, -0.25) is 4.98 Å². The van der Waals surface area contributed by atoms with Crippen LogP contribution < -0.4 is 4.90 Å². The SMILES string of the molecule is CC(C)(O)[C@@H]1CCN(c2cc(-n3ncc4cnc(C5(C#N)CC56CC6)cc43)ncn2)C1. The quantitative estimate of drug-likeness (QED) is 0.699. The van der Waals surface area contributed by atoms with Crippen molar-refractivity contribution in [3.8, 4) is 11.9 Å². The Balaban J connectivity index is 1.35. The van der Waals surface area contributed by atoms with Crippen LogP contribution in [0.1, 0.15) is 45.2 Å². The number of anilines is 1. The van der Waals surface area contributed by atoms with Gasteiger partial charge in [0.15, 0.2) is 5.82 Å². The highest BCUT2D eigenvalue weighted by atomic mass is 16.3. The summed E-state index contributed by atoms with van der Waals surface area (Å²) in [5.74, 6) is 1.73. The van der Waals surface area contributed by atoms with Crippen LogP contribution in [0.4, 0.5) is 5.82 Å². The summed E-state index contributed by atoms with van der Waals surface area (Å²) in [7, 11) is 0. The summed E-state index contributed by atoms with van der Waals surface area (Å²) in [6, 6.07) is 6.51. The maximum atomic E-state index is 10.4. The van der Waals surface area contributed by atoms with Crippen LogP contribution in [0.25, 0.3) is 16.7 Å². The molecule has 31 heavy (non-hydrogen) atoms. The predicted molar refractivity (Wildman–Crippen MR) is 115 cm³/mol. The number of nitrogens with zero attached hydrogens (tertiary/aromatic N) is 7. The van der Waals surface area contributed by atoms with Gasteiger partial charge in [-0.25, -0.2) is 14.6 Å². The summed E-state index contributed by atoms with van der Waals surface area (Å²) in [5, 5.41) is 25.7. The minimum Gasteiger partial charge on any atom is -0.390 e. The van der Waals surface area contributed by atoms with Crippen LogP contribution >= 0.6 is 0 Å².